The van der Waals surface area contributed by atoms with E-state index in [1.54, 1.807) is 0 Å². The summed E-state index contributed by atoms with van der Waals surface area (Å²) in [5, 5.41) is 15.6. The molecule has 0 aliphatic rings. The Morgan fingerprint density at radius 3 is 1.07 bits per heavy atom. The molecule has 0 fully saturated rings. The Morgan fingerprint density at radius 1 is 0.593 bits per heavy atom. The molecule has 0 spiro atoms. The molecule has 0 bridgehead atoms. The number of carbonyl (C=O) groups is 2. The molecule has 0 aromatic heterocycles. The Morgan fingerprint density at radius 2 is 0.852 bits per heavy atom. The number of aliphatic carboxylic acids is 2. The maximum atomic E-state index is 9.55. The molecule has 4 N–H and O–H groups in total. The van der Waals surface area contributed by atoms with Crippen LogP contribution in [0.25, 0.3) is 0 Å². The van der Waals surface area contributed by atoms with Crippen molar-refractivity contribution in [2.75, 3.05) is 6.54 Å². The third kappa shape index (κ3) is 32.7. The summed E-state index contributed by atoms with van der Waals surface area (Å²) in [4.78, 5) is 19.1. The van der Waals surface area contributed by atoms with Crippen LogP contribution in [0.15, 0.2) is 12.2 Å². The van der Waals surface area contributed by atoms with E-state index in [0.29, 0.717) is 12.2 Å². The average Bonchev–Trinajstić information content (AvgIpc) is 2.64. The zero-order valence-electron chi connectivity index (χ0n) is 17.5. The van der Waals surface area contributed by atoms with Crippen molar-refractivity contribution in [2.45, 2.75) is 110 Å². The van der Waals surface area contributed by atoms with E-state index in [4.69, 9.17) is 15.9 Å². The highest BCUT2D eigenvalue weighted by Crippen LogP contribution is 2.13. The Kier molecular flexibility index (Phi) is 25.4. The Hall–Kier alpha value is -1.36. The van der Waals surface area contributed by atoms with E-state index < -0.39 is 11.9 Å². The predicted molar refractivity (Wildman–Crippen MR) is 113 cm³/mol. The lowest BCUT2D eigenvalue weighted by atomic mass is 10.0. The molecule has 0 unspecified atom stereocenters. The number of unbranched alkanes of at least 4 members (excludes halogenated alkanes) is 15. The van der Waals surface area contributed by atoms with Gasteiger partial charge in [-0.15, -0.1) is 0 Å². The minimum atomic E-state index is -1.26. The summed E-state index contributed by atoms with van der Waals surface area (Å²) in [6, 6.07) is 0. The molecule has 27 heavy (non-hydrogen) atoms. The fourth-order valence-electron chi connectivity index (χ4n) is 2.84. The summed E-state index contributed by atoms with van der Waals surface area (Å²) >= 11 is 0. The van der Waals surface area contributed by atoms with Crippen molar-refractivity contribution in [1.82, 2.24) is 0 Å². The van der Waals surface area contributed by atoms with Crippen LogP contribution in [0.2, 0.25) is 0 Å². The van der Waals surface area contributed by atoms with Crippen LogP contribution in [0.3, 0.4) is 0 Å². The fourth-order valence-corrected chi connectivity index (χ4v) is 2.84. The molecule has 0 rings (SSSR count). The van der Waals surface area contributed by atoms with Crippen LogP contribution >= 0.6 is 0 Å². The first kappa shape index (κ1) is 27.9. The monoisotopic (exact) mass is 385 g/mol. The van der Waals surface area contributed by atoms with Gasteiger partial charge >= 0.3 is 11.9 Å². The fraction of sp³-hybridized carbons (Fsp3) is 0.818. The van der Waals surface area contributed by atoms with Crippen molar-refractivity contribution in [2.24, 2.45) is 5.73 Å². The minimum Gasteiger partial charge on any atom is -0.478 e. The first-order valence-electron chi connectivity index (χ1n) is 10.9. The van der Waals surface area contributed by atoms with Crippen LogP contribution in [0.1, 0.15) is 110 Å². The van der Waals surface area contributed by atoms with E-state index in [0.717, 1.165) is 6.54 Å². The molecule has 0 amide bonds. The van der Waals surface area contributed by atoms with Crippen molar-refractivity contribution in [1.29, 1.82) is 0 Å². The van der Waals surface area contributed by atoms with E-state index in [1.807, 2.05) is 0 Å². The van der Waals surface area contributed by atoms with Gasteiger partial charge in [0.15, 0.2) is 0 Å². The van der Waals surface area contributed by atoms with Gasteiger partial charge in [-0.2, -0.15) is 0 Å². The van der Waals surface area contributed by atoms with Gasteiger partial charge in [0.25, 0.3) is 0 Å². The number of carboxylic acids is 2. The molecular weight excluding hydrogens is 342 g/mol. The maximum absolute atomic E-state index is 9.55. The van der Waals surface area contributed by atoms with Gasteiger partial charge in [-0.1, -0.05) is 103 Å². The lowest BCUT2D eigenvalue weighted by Gasteiger charge is -2.03. The number of carboxylic acid groups (broad SMARTS) is 2. The number of hydrogen-bond donors (Lipinski definition) is 3. The van der Waals surface area contributed by atoms with E-state index in [2.05, 4.69) is 6.92 Å². The third-order valence-electron chi connectivity index (χ3n) is 4.43. The molecule has 160 valence electrons. The minimum absolute atomic E-state index is 0.558. The van der Waals surface area contributed by atoms with Crippen LogP contribution < -0.4 is 5.73 Å². The predicted octanol–water partition coefficient (Wildman–Crippen LogP) is 5.92. The molecule has 0 atom stereocenters. The Labute approximate surface area is 166 Å². The second-order valence-corrected chi connectivity index (χ2v) is 7.10. The van der Waals surface area contributed by atoms with Crippen molar-refractivity contribution in [3.8, 4) is 0 Å². The summed E-state index contributed by atoms with van der Waals surface area (Å²) < 4.78 is 0. The van der Waals surface area contributed by atoms with E-state index in [9.17, 15) is 9.59 Å². The van der Waals surface area contributed by atoms with E-state index >= 15 is 0 Å². The number of nitrogens with two attached hydrogens (primary N) is 1. The summed E-state index contributed by atoms with van der Waals surface area (Å²) in [6.07, 6.45) is 24.0. The quantitative estimate of drug-likeness (QED) is 0.201. The zero-order chi connectivity index (χ0) is 20.6. The van der Waals surface area contributed by atoms with Crippen LogP contribution in [-0.2, 0) is 9.59 Å². The smallest absolute Gasteiger partial charge is 0.328 e. The van der Waals surface area contributed by atoms with Crippen LogP contribution in [0, 0.1) is 0 Å². The molecule has 5 heteroatoms. The highest BCUT2D eigenvalue weighted by Gasteiger charge is 1.94. The number of hydrogen-bond acceptors (Lipinski definition) is 3. The van der Waals surface area contributed by atoms with Crippen molar-refractivity contribution in [3.63, 3.8) is 0 Å². The van der Waals surface area contributed by atoms with Gasteiger partial charge in [0.1, 0.15) is 0 Å². The lowest BCUT2D eigenvalue weighted by molar-refractivity contribution is -0.134. The molecule has 0 aromatic carbocycles. The SMILES string of the molecule is CCCCCCCCCCCCCCCCCCN.O=C(O)/C=C\C(=O)O. The molecule has 0 radical (unpaired) electrons. The summed E-state index contributed by atoms with van der Waals surface area (Å²) in [6.45, 7) is 3.16. The van der Waals surface area contributed by atoms with Crippen LogP contribution in [-0.4, -0.2) is 28.7 Å². The van der Waals surface area contributed by atoms with Gasteiger partial charge in [-0.3, -0.25) is 0 Å². The zero-order valence-corrected chi connectivity index (χ0v) is 17.5. The highest BCUT2D eigenvalue weighted by atomic mass is 16.4. The Bertz CT molecular complexity index is 324. The van der Waals surface area contributed by atoms with Gasteiger partial charge in [-0.05, 0) is 13.0 Å². The Balaban J connectivity index is 0. The standard InChI is InChI=1S/C18H39N.C4H4O4/c1-2-3-4-5-6-7-8-9-10-11-12-13-14-15-16-17-18-19;5-3(6)1-2-4(7)8/h2-19H2,1H3;1-2H,(H,5,6)(H,7,8)/b;2-1-. The highest BCUT2D eigenvalue weighted by molar-refractivity contribution is 5.89. The van der Waals surface area contributed by atoms with Gasteiger partial charge in [0, 0.05) is 12.2 Å². The van der Waals surface area contributed by atoms with Gasteiger partial charge < -0.3 is 15.9 Å². The first-order chi connectivity index (χ1) is 13.0. The van der Waals surface area contributed by atoms with Crippen molar-refractivity contribution >= 4 is 11.9 Å². The molecular formula is C22H43NO4. The van der Waals surface area contributed by atoms with Crippen molar-refractivity contribution < 1.29 is 19.8 Å². The number of rotatable bonds is 18. The van der Waals surface area contributed by atoms with Crippen molar-refractivity contribution in [3.05, 3.63) is 12.2 Å². The van der Waals surface area contributed by atoms with E-state index in [1.165, 1.54) is 103 Å². The maximum Gasteiger partial charge on any atom is 0.328 e. The molecule has 0 aliphatic carbocycles. The second kappa shape index (κ2) is 24.6. The molecule has 0 saturated carbocycles. The van der Waals surface area contributed by atoms with Crippen LogP contribution in [0.4, 0.5) is 0 Å². The van der Waals surface area contributed by atoms with Gasteiger partial charge in [-0.25, -0.2) is 9.59 Å². The first-order valence-corrected chi connectivity index (χ1v) is 10.9. The normalized spacial score (nSPS) is 10.6. The van der Waals surface area contributed by atoms with E-state index in [-0.39, 0.29) is 0 Å². The van der Waals surface area contributed by atoms with Gasteiger partial charge in [0.2, 0.25) is 0 Å². The van der Waals surface area contributed by atoms with Gasteiger partial charge in [0.05, 0.1) is 0 Å². The second-order valence-electron chi connectivity index (χ2n) is 7.10. The molecule has 0 aromatic rings. The summed E-state index contributed by atoms with van der Waals surface area (Å²) in [5.74, 6) is -2.51. The average molecular weight is 386 g/mol. The molecule has 0 heterocycles. The van der Waals surface area contributed by atoms with Crippen LogP contribution in [0.5, 0.6) is 0 Å². The summed E-state index contributed by atoms with van der Waals surface area (Å²) in [7, 11) is 0. The summed E-state index contributed by atoms with van der Waals surface area (Å²) in [5.41, 5.74) is 5.48. The largest absolute Gasteiger partial charge is 0.478 e. The topological polar surface area (TPSA) is 101 Å². The molecule has 0 saturated heterocycles. The molecule has 0 aliphatic heterocycles. The lowest BCUT2D eigenvalue weighted by Crippen LogP contribution is -1.97. The third-order valence-corrected chi connectivity index (χ3v) is 4.43. The molecule has 5 nitrogen and oxygen atoms in total.